The standard InChI is InChI=1S/C10H12ClFNO5P/c1-3-10(19(2,16)17)18-9-5-8(13(14)15)7(12)4-6(9)11/h4-5,10H,3H2,1-2H3,(H,16,17). The largest absolute Gasteiger partial charge is 0.479 e. The van der Waals surface area contributed by atoms with Crippen LogP contribution in [0, 0.1) is 15.9 Å². The van der Waals surface area contributed by atoms with Crippen LogP contribution in [-0.2, 0) is 4.57 Å². The SMILES string of the molecule is CCC(Oc1cc([N+](=O)[O-])c(F)cc1Cl)P(C)(=O)O. The van der Waals surface area contributed by atoms with Crippen molar-refractivity contribution in [2.24, 2.45) is 0 Å². The summed E-state index contributed by atoms with van der Waals surface area (Å²) in [5, 5.41) is 10.4. The van der Waals surface area contributed by atoms with E-state index in [0.29, 0.717) is 0 Å². The van der Waals surface area contributed by atoms with Crippen LogP contribution in [0.25, 0.3) is 0 Å². The van der Waals surface area contributed by atoms with Crippen LogP contribution in [0.5, 0.6) is 5.75 Å². The summed E-state index contributed by atoms with van der Waals surface area (Å²) in [4.78, 5) is 19.1. The van der Waals surface area contributed by atoms with Crippen LogP contribution in [-0.4, -0.2) is 22.3 Å². The predicted molar refractivity (Wildman–Crippen MR) is 68.5 cm³/mol. The van der Waals surface area contributed by atoms with E-state index < -0.39 is 29.6 Å². The number of ether oxygens (including phenoxy) is 1. The molecule has 0 saturated carbocycles. The van der Waals surface area contributed by atoms with E-state index in [1.54, 1.807) is 6.92 Å². The van der Waals surface area contributed by atoms with Crippen LogP contribution in [0.2, 0.25) is 5.02 Å². The molecule has 0 aliphatic rings. The Morgan fingerprint density at radius 3 is 2.63 bits per heavy atom. The van der Waals surface area contributed by atoms with Crippen molar-refractivity contribution in [3.63, 3.8) is 0 Å². The molecule has 2 atom stereocenters. The second kappa shape index (κ2) is 5.86. The maximum Gasteiger partial charge on any atom is 0.308 e. The van der Waals surface area contributed by atoms with Gasteiger partial charge in [-0.15, -0.1) is 0 Å². The van der Waals surface area contributed by atoms with Crippen molar-refractivity contribution in [3.05, 3.63) is 33.1 Å². The summed E-state index contributed by atoms with van der Waals surface area (Å²) in [6, 6.07) is 1.54. The minimum atomic E-state index is -3.56. The Morgan fingerprint density at radius 1 is 1.63 bits per heavy atom. The molecule has 0 bridgehead atoms. The van der Waals surface area contributed by atoms with Crippen molar-refractivity contribution in [1.82, 2.24) is 0 Å². The molecule has 0 amide bonds. The zero-order chi connectivity index (χ0) is 14.8. The minimum Gasteiger partial charge on any atom is -0.479 e. The highest BCUT2D eigenvalue weighted by atomic mass is 35.5. The summed E-state index contributed by atoms with van der Waals surface area (Å²) in [6.45, 7) is 2.72. The highest BCUT2D eigenvalue weighted by Crippen LogP contribution is 2.45. The third-order valence-electron chi connectivity index (χ3n) is 2.34. The number of hydrogen-bond donors (Lipinski definition) is 1. The van der Waals surface area contributed by atoms with Crippen molar-refractivity contribution < 1.29 is 23.5 Å². The van der Waals surface area contributed by atoms with E-state index in [4.69, 9.17) is 16.3 Å². The van der Waals surface area contributed by atoms with E-state index in [9.17, 15) is 24.0 Å². The second-order valence-corrected chi connectivity index (χ2v) is 6.78. The molecule has 106 valence electrons. The lowest BCUT2D eigenvalue weighted by molar-refractivity contribution is -0.387. The first kappa shape index (κ1) is 15.9. The molecule has 0 spiro atoms. The van der Waals surface area contributed by atoms with Crippen LogP contribution in [0.15, 0.2) is 12.1 Å². The van der Waals surface area contributed by atoms with Gasteiger partial charge >= 0.3 is 5.69 Å². The number of hydrogen-bond acceptors (Lipinski definition) is 4. The summed E-state index contributed by atoms with van der Waals surface area (Å²) in [5.41, 5.74) is -0.807. The van der Waals surface area contributed by atoms with Crippen LogP contribution < -0.4 is 4.74 Å². The summed E-state index contributed by atoms with van der Waals surface area (Å²) >= 11 is 5.70. The molecule has 0 aromatic heterocycles. The lowest BCUT2D eigenvalue weighted by Crippen LogP contribution is -2.15. The van der Waals surface area contributed by atoms with Crippen molar-refractivity contribution in [2.45, 2.75) is 19.2 Å². The maximum atomic E-state index is 13.2. The number of nitro benzene ring substituents is 1. The van der Waals surface area contributed by atoms with Crippen molar-refractivity contribution in [3.8, 4) is 5.75 Å². The summed E-state index contributed by atoms with van der Waals surface area (Å²) in [7, 11) is -3.56. The van der Waals surface area contributed by atoms with Gasteiger partial charge in [0.2, 0.25) is 13.2 Å². The van der Waals surface area contributed by atoms with Gasteiger partial charge in [-0.25, -0.2) is 0 Å². The van der Waals surface area contributed by atoms with Crippen LogP contribution in [0.1, 0.15) is 13.3 Å². The molecule has 0 radical (unpaired) electrons. The number of nitro groups is 1. The van der Waals surface area contributed by atoms with Crippen LogP contribution in [0.3, 0.4) is 0 Å². The molecule has 19 heavy (non-hydrogen) atoms. The fourth-order valence-electron chi connectivity index (χ4n) is 1.42. The minimum absolute atomic E-state index is 0.197. The topological polar surface area (TPSA) is 89.7 Å². The summed E-state index contributed by atoms with van der Waals surface area (Å²) < 4.78 is 30.0. The molecular formula is C10H12ClFNO5P. The molecule has 0 saturated heterocycles. The normalized spacial score (nSPS) is 15.6. The number of nitrogens with zero attached hydrogens (tertiary/aromatic N) is 1. The Kier molecular flexibility index (Phi) is 4.90. The molecule has 1 N–H and O–H groups in total. The van der Waals surface area contributed by atoms with E-state index in [1.807, 2.05) is 0 Å². The molecule has 0 fully saturated rings. The van der Waals surface area contributed by atoms with E-state index in [-0.39, 0.29) is 17.2 Å². The van der Waals surface area contributed by atoms with E-state index in [2.05, 4.69) is 0 Å². The third-order valence-corrected chi connectivity index (χ3v) is 4.18. The Labute approximate surface area is 113 Å². The molecule has 0 heterocycles. The Balaban J connectivity index is 3.17. The lowest BCUT2D eigenvalue weighted by atomic mass is 10.3. The monoisotopic (exact) mass is 311 g/mol. The highest BCUT2D eigenvalue weighted by molar-refractivity contribution is 7.57. The molecule has 1 aromatic carbocycles. The van der Waals surface area contributed by atoms with Gasteiger partial charge in [-0.3, -0.25) is 14.7 Å². The molecule has 1 aromatic rings. The zero-order valence-electron chi connectivity index (χ0n) is 10.2. The predicted octanol–water partition coefficient (Wildman–Crippen LogP) is 3.40. The van der Waals surface area contributed by atoms with Crippen molar-refractivity contribution in [2.75, 3.05) is 6.66 Å². The summed E-state index contributed by atoms with van der Waals surface area (Å²) in [5.74, 6) is -2.35. The smallest absolute Gasteiger partial charge is 0.308 e. The zero-order valence-corrected chi connectivity index (χ0v) is 11.8. The fraction of sp³-hybridized carbons (Fsp3) is 0.400. The molecule has 0 aliphatic heterocycles. The van der Waals surface area contributed by atoms with E-state index >= 15 is 0 Å². The van der Waals surface area contributed by atoms with Gasteiger partial charge in [0.15, 0.2) is 5.85 Å². The molecule has 9 heteroatoms. The van der Waals surface area contributed by atoms with Crippen molar-refractivity contribution >= 4 is 24.7 Å². The number of benzene rings is 1. The fourth-order valence-corrected chi connectivity index (χ4v) is 2.60. The van der Waals surface area contributed by atoms with Gasteiger partial charge in [0, 0.05) is 12.7 Å². The molecular weight excluding hydrogens is 300 g/mol. The first-order valence-corrected chi connectivity index (χ1v) is 7.82. The van der Waals surface area contributed by atoms with E-state index in [0.717, 1.165) is 18.8 Å². The molecule has 6 nitrogen and oxygen atoms in total. The van der Waals surface area contributed by atoms with Crippen LogP contribution in [0.4, 0.5) is 10.1 Å². The van der Waals surface area contributed by atoms with E-state index in [1.165, 1.54) is 0 Å². The quantitative estimate of drug-likeness (QED) is 0.511. The second-order valence-electron chi connectivity index (χ2n) is 3.92. The Hall–Kier alpha value is -1.17. The van der Waals surface area contributed by atoms with Crippen LogP contribution >= 0.6 is 19.0 Å². The lowest BCUT2D eigenvalue weighted by Gasteiger charge is -2.20. The average Bonchev–Trinajstić information content (AvgIpc) is 2.25. The first-order valence-electron chi connectivity index (χ1n) is 5.26. The van der Waals surface area contributed by atoms with Gasteiger partial charge in [0.05, 0.1) is 16.0 Å². The molecule has 2 unspecified atom stereocenters. The average molecular weight is 312 g/mol. The highest BCUT2D eigenvalue weighted by Gasteiger charge is 2.28. The maximum absolute atomic E-state index is 13.2. The van der Waals surface area contributed by atoms with Gasteiger partial charge in [-0.05, 0) is 6.42 Å². The molecule has 0 aliphatic carbocycles. The Morgan fingerprint density at radius 2 is 2.21 bits per heavy atom. The van der Waals surface area contributed by atoms with Gasteiger partial charge in [-0.1, -0.05) is 18.5 Å². The third kappa shape index (κ3) is 3.89. The van der Waals surface area contributed by atoms with Gasteiger partial charge in [-0.2, -0.15) is 4.39 Å². The number of halogens is 2. The van der Waals surface area contributed by atoms with Gasteiger partial charge in [0.25, 0.3) is 0 Å². The first-order chi connectivity index (χ1) is 8.66. The van der Waals surface area contributed by atoms with Gasteiger partial charge in [0.1, 0.15) is 5.75 Å². The Bertz CT molecular complexity index is 547. The summed E-state index contributed by atoms with van der Waals surface area (Å²) in [6.07, 6.45) is 0.200. The van der Waals surface area contributed by atoms with Crippen molar-refractivity contribution in [1.29, 1.82) is 0 Å². The van der Waals surface area contributed by atoms with Gasteiger partial charge < -0.3 is 9.63 Å². The molecule has 1 rings (SSSR count). The number of rotatable bonds is 5.